The summed E-state index contributed by atoms with van der Waals surface area (Å²) >= 11 is 4.75. The minimum Gasteiger partial charge on any atom is -0.355 e. The zero-order chi connectivity index (χ0) is 18.9. The molecule has 0 saturated heterocycles. The SMILES string of the molecule is CC(C)CSc1nnc(SCC(=O)NCCc2ccc(C(C)C)cc2)s1. The monoisotopic (exact) mass is 409 g/mol. The van der Waals surface area contributed by atoms with Gasteiger partial charge in [-0.15, -0.1) is 10.2 Å². The number of benzene rings is 1. The number of nitrogens with one attached hydrogen (secondary N) is 1. The molecule has 1 amide bonds. The van der Waals surface area contributed by atoms with Gasteiger partial charge in [0.25, 0.3) is 0 Å². The topological polar surface area (TPSA) is 54.9 Å². The molecule has 0 unspecified atom stereocenters. The van der Waals surface area contributed by atoms with Crippen LogP contribution >= 0.6 is 34.9 Å². The lowest BCUT2D eigenvalue weighted by molar-refractivity contribution is -0.118. The molecule has 26 heavy (non-hydrogen) atoms. The Bertz CT molecular complexity index is 684. The van der Waals surface area contributed by atoms with Gasteiger partial charge in [0.05, 0.1) is 5.75 Å². The third kappa shape index (κ3) is 7.68. The van der Waals surface area contributed by atoms with Crippen LogP contribution in [-0.4, -0.2) is 34.2 Å². The molecule has 4 nitrogen and oxygen atoms in total. The molecule has 0 saturated carbocycles. The van der Waals surface area contributed by atoms with Crippen molar-refractivity contribution in [1.82, 2.24) is 15.5 Å². The molecule has 0 bridgehead atoms. The Balaban J connectivity index is 1.66. The van der Waals surface area contributed by atoms with Gasteiger partial charge in [0.2, 0.25) is 5.91 Å². The van der Waals surface area contributed by atoms with Crippen LogP contribution in [0.3, 0.4) is 0 Å². The normalized spacial score (nSPS) is 11.3. The predicted molar refractivity (Wildman–Crippen MR) is 113 cm³/mol. The number of hydrogen-bond donors (Lipinski definition) is 1. The maximum absolute atomic E-state index is 12.0. The summed E-state index contributed by atoms with van der Waals surface area (Å²) in [6.07, 6.45) is 0.851. The Morgan fingerprint density at radius 3 is 2.35 bits per heavy atom. The van der Waals surface area contributed by atoms with Gasteiger partial charge >= 0.3 is 0 Å². The van der Waals surface area contributed by atoms with Crippen LogP contribution in [0.15, 0.2) is 32.9 Å². The van der Waals surface area contributed by atoms with Gasteiger partial charge in [0.15, 0.2) is 8.68 Å². The molecule has 1 aromatic carbocycles. The average Bonchev–Trinajstić information content (AvgIpc) is 3.06. The van der Waals surface area contributed by atoms with Crippen LogP contribution in [0.4, 0.5) is 0 Å². The van der Waals surface area contributed by atoms with Crippen LogP contribution in [0, 0.1) is 5.92 Å². The van der Waals surface area contributed by atoms with E-state index < -0.39 is 0 Å². The first kappa shape index (κ1) is 21.3. The highest BCUT2D eigenvalue weighted by Gasteiger charge is 2.09. The number of rotatable bonds is 10. The molecule has 1 aromatic heterocycles. The summed E-state index contributed by atoms with van der Waals surface area (Å²) < 4.78 is 1.84. The first-order chi connectivity index (χ1) is 12.4. The van der Waals surface area contributed by atoms with Crippen LogP contribution in [0.2, 0.25) is 0 Å². The van der Waals surface area contributed by atoms with Crippen molar-refractivity contribution < 1.29 is 4.79 Å². The fraction of sp³-hybridized carbons (Fsp3) is 0.526. The van der Waals surface area contributed by atoms with Gasteiger partial charge in [-0.1, -0.05) is 86.8 Å². The van der Waals surface area contributed by atoms with Gasteiger partial charge in [-0.2, -0.15) is 0 Å². The van der Waals surface area contributed by atoms with E-state index in [0.717, 1.165) is 20.9 Å². The number of carbonyl (C=O) groups is 1. The largest absolute Gasteiger partial charge is 0.355 e. The molecule has 7 heteroatoms. The summed E-state index contributed by atoms with van der Waals surface area (Å²) in [5.74, 6) is 2.64. The van der Waals surface area contributed by atoms with E-state index in [2.05, 4.69) is 67.5 Å². The molecule has 0 fully saturated rings. The molecule has 1 heterocycles. The van der Waals surface area contributed by atoms with Gasteiger partial charge in [0, 0.05) is 12.3 Å². The molecule has 0 atom stereocenters. The van der Waals surface area contributed by atoms with E-state index in [9.17, 15) is 4.79 Å². The number of nitrogens with zero attached hydrogens (tertiary/aromatic N) is 2. The standard InChI is InChI=1S/C19H27N3OS3/c1-13(2)11-24-18-21-22-19(26-18)25-12-17(23)20-10-9-15-5-7-16(8-6-15)14(3)4/h5-8,13-14H,9-12H2,1-4H3,(H,20,23). The van der Waals surface area contributed by atoms with Crippen LogP contribution in [0.1, 0.15) is 44.7 Å². The van der Waals surface area contributed by atoms with Gasteiger partial charge in [-0.05, 0) is 29.4 Å². The van der Waals surface area contributed by atoms with E-state index >= 15 is 0 Å². The lowest BCUT2D eigenvalue weighted by Crippen LogP contribution is -2.27. The van der Waals surface area contributed by atoms with Crippen LogP contribution in [-0.2, 0) is 11.2 Å². The summed E-state index contributed by atoms with van der Waals surface area (Å²) in [5.41, 5.74) is 2.59. The minimum atomic E-state index is 0.0420. The zero-order valence-electron chi connectivity index (χ0n) is 15.8. The summed E-state index contributed by atoms with van der Waals surface area (Å²) in [7, 11) is 0. The van der Waals surface area contributed by atoms with Crippen LogP contribution in [0.5, 0.6) is 0 Å². The van der Waals surface area contributed by atoms with Crippen molar-refractivity contribution in [2.75, 3.05) is 18.1 Å². The molecule has 0 aliphatic heterocycles. The number of carbonyl (C=O) groups excluding carboxylic acids is 1. The van der Waals surface area contributed by atoms with Crippen LogP contribution in [0.25, 0.3) is 0 Å². The second kappa shape index (κ2) is 10.9. The van der Waals surface area contributed by atoms with Crippen molar-refractivity contribution in [1.29, 1.82) is 0 Å². The fourth-order valence-electron chi connectivity index (χ4n) is 2.15. The second-order valence-corrected chi connectivity index (χ2v) is 10.3. The van der Waals surface area contributed by atoms with Gasteiger partial charge in [-0.25, -0.2) is 0 Å². The highest BCUT2D eigenvalue weighted by Crippen LogP contribution is 2.29. The summed E-state index contributed by atoms with van der Waals surface area (Å²) in [6, 6.07) is 8.63. The molecular weight excluding hydrogens is 382 g/mol. The highest BCUT2D eigenvalue weighted by atomic mass is 32.2. The fourth-order valence-corrected chi connectivity index (χ4v) is 4.97. The first-order valence-electron chi connectivity index (χ1n) is 8.88. The number of hydrogen-bond acceptors (Lipinski definition) is 6. The van der Waals surface area contributed by atoms with Gasteiger partial charge in [0.1, 0.15) is 0 Å². The van der Waals surface area contributed by atoms with Gasteiger partial charge in [-0.3, -0.25) is 4.79 Å². The Morgan fingerprint density at radius 2 is 1.73 bits per heavy atom. The van der Waals surface area contributed by atoms with Gasteiger partial charge < -0.3 is 5.32 Å². The maximum atomic E-state index is 12.0. The molecule has 2 rings (SSSR count). The summed E-state index contributed by atoms with van der Waals surface area (Å²) in [6.45, 7) is 9.42. The molecule has 0 aliphatic rings. The highest BCUT2D eigenvalue weighted by molar-refractivity contribution is 8.03. The van der Waals surface area contributed by atoms with Crippen molar-refractivity contribution in [2.24, 2.45) is 5.92 Å². The van der Waals surface area contributed by atoms with E-state index in [-0.39, 0.29) is 5.91 Å². The Morgan fingerprint density at radius 1 is 1.08 bits per heavy atom. The zero-order valence-corrected chi connectivity index (χ0v) is 18.3. The van der Waals surface area contributed by atoms with E-state index in [1.165, 1.54) is 22.9 Å². The lowest BCUT2D eigenvalue weighted by atomic mass is 10.0. The van der Waals surface area contributed by atoms with Crippen molar-refractivity contribution in [2.45, 2.75) is 48.7 Å². The quantitative estimate of drug-likeness (QED) is 0.568. The van der Waals surface area contributed by atoms with Crippen molar-refractivity contribution in [3.8, 4) is 0 Å². The van der Waals surface area contributed by atoms with E-state index in [4.69, 9.17) is 0 Å². The summed E-state index contributed by atoms with van der Waals surface area (Å²) in [4.78, 5) is 12.0. The molecule has 142 valence electrons. The maximum Gasteiger partial charge on any atom is 0.230 e. The molecular formula is C19H27N3OS3. The van der Waals surface area contributed by atoms with E-state index in [1.54, 1.807) is 23.1 Å². The second-order valence-electron chi connectivity index (χ2n) is 6.82. The smallest absolute Gasteiger partial charge is 0.230 e. The van der Waals surface area contributed by atoms with Crippen molar-refractivity contribution in [3.63, 3.8) is 0 Å². The molecule has 1 N–H and O–H groups in total. The van der Waals surface area contributed by atoms with E-state index in [0.29, 0.717) is 24.1 Å². The molecule has 0 spiro atoms. The Kier molecular flexibility index (Phi) is 8.95. The van der Waals surface area contributed by atoms with Crippen LogP contribution < -0.4 is 5.32 Å². The predicted octanol–water partition coefficient (Wildman–Crippen LogP) is 4.86. The average molecular weight is 410 g/mol. The summed E-state index contributed by atoms with van der Waals surface area (Å²) in [5, 5.41) is 11.3. The number of amides is 1. The third-order valence-electron chi connectivity index (χ3n) is 3.64. The molecule has 0 radical (unpaired) electrons. The molecule has 0 aliphatic carbocycles. The molecule has 2 aromatic rings. The lowest BCUT2D eigenvalue weighted by Gasteiger charge is -2.07. The number of aromatic nitrogens is 2. The number of thioether (sulfide) groups is 2. The third-order valence-corrected chi connectivity index (χ3v) is 7.25. The van der Waals surface area contributed by atoms with Crippen molar-refractivity contribution in [3.05, 3.63) is 35.4 Å². The Labute approximate surface area is 169 Å². The Hall–Kier alpha value is -1.05. The van der Waals surface area contributed by atoms with E-state index in [1.807, 2.05) is 0 Å². The minimum absolute atomic E-state index is 0.0420. The first-order valence-corrected chi connectivity index (χ1v) is 11.7. The van der Waals surface area contributed by atoms with Crippen molar-refractivity contribution >= 4 is 40.8 Å².